The van der Waals surface area contributed by atoms with Crippen LogP contribution in [0.25, 0.3) is 0 Å². The molecule has 0 saturated carbocycles. The minimum atomic E-state index is -0.176. The number of nitrogens with zero attached hydrogens (tertiary/aromatic N) is 2. The molecule has 6 heteroatoms. The monoisotopic (exact) mass is 354 g/mol. The van der Waals surface area contributed by atoms with Crippen LogP contribution in [0.5, 0.6) is 5.75 Å². The van der Waals surface area contributed by atoms with Gasteiger partial charge < -0.3 is 20.7 Å². The van der Waals surface area contributed by atoms with Gasteiger partial charge in [0, 0.05) is 44.4 Å². The van der Waals surface area contributed by atoms with Crippen molar-refractivity contribution in [1.29, 1.82) is 0 Å². The van der Waals surface area contributed by atoms with Crippen molar-refractivity contribution in [2.75, 3.05) is 51.4 Å². The summed E-state index contributed by atoms with van der Waals surface area (Å²) in [5, 5.41) is 2.87. The Bertz CT molecular complexity index is 770. The second-order valence-electron chi connectivity index (χ2n) is 6.69. The molecule has 0 radical (unpaired) electrons. The lowest BCUT2D eigenvalue weighted by molar-refractivity contribution is 0.102. The fourth-order valence-corrected chi connectivity index (χ4v) is 3.04. The molecule has 1 aliphatic rings. The van der Waals surface area contributed by atoms with Crippen LogP contribution in [-0.2, 0) is 6.54 Å². The fraction of sp³-hybridized carbons (Fsp3) is 0.350. The van der Waals surface area contributed by atoms with Crippen LogP contribution in [0.15, 0.2) is 42.5 Å². The largest absolute Gasteiger partial charge is 0.497 e. The molecule has 0 unspecified atom stereocenters. The zero-order chi connectivity index (χ0) is 18.5. The molecule has 0 bridgehead atoms. The molecule has 1 heterocycles. The van der Waals surface area contributed by atoms with Crippen molar-refractivity contribution in [1.82, 2.24) is 9.80 Å². The Balaban J connectivity index is 1.68. The van der Waals surface area contributed by atoms with Gasteiger partial charge in [0.1, 0.15) is 5.75 Å². The minimum Gasteiger partial charge on any atom is -0.497 e. The number of nitrogens with two attached hydrogens (primary N) is 1. The third-order valence-electron chi connectivity index (χ3n) is 4.70. The number of ether oxygens (including phenoxy) is 1. The third-order valence-corrected chi connectivity index (χ3v) is 4.70. The number of likely N-dealkylation sites (N-methyl/N-ethyl adjacent to an activating group) is 1. The Kier molecular flexibility index (Phi) is 5.75. The molecule has 1 fully saturated rings. The summed E-state index contributed by atoms with van der Waals surface area (Å²) >= 11 is 0. The first-order valence-corrected chi connectivity index (χ1v) is 8.80. The molecule has 1 amide bonds. The number of nitrogen functional groups attached to an aromatic ring is 1. The lowest BCUT2D eigenvalue weighted by Gasteiger charge is -2.32. The van der Waals surface area contributed by atoms with E-state index in [1.807, 2.05) is 18.2 Å². The van der Waals surface area contributed by atoms with Crippen molar-refractivity contribution in [3.63, 3.8) is 0 Å². The van der Waals surface area contributed by atoms with E-state index in [1.54, 1.807) is 25.3 Å². The van der Waals surface area contributed by atoms with Gasteiger partial charge in [0.05, 0.1) is 18.5 Å². The summed E-state index contributed by atoms with van der Waals surface area (Å²) in [7, 11) is 3.73. The van der Waals surface area contributed by atoms with E-state index in [0.29, 0.717) is 22.7 Å². The van der Waals surface area contributed by atoms with Crippen LogP contribution >= 0.6 is 0 Å². The topological polar surface area (TPSA) is 70.8 Å². The lowest BCUT2D eigenvalue weighted by atomic mass is 10.1. The van der Waals surface area contributed by atoms with Crippen LogP contribution in [-0.4, -0.2) is 56.0 Å². The van der Waals surface area contributed by atoms with Crippen LogP contribution in [0.2, 0.25) is 0 Å². The van der Waals surface area contributed by atoms with Gasteiger partial charge in [-0.25, -0.2) is 0 Å². The van der Waals surface area contributed by atoms with E-state index < -0.39 is 0 Å². The highest BCUT2D eigenvalue weighted by Crippen LogP contribution is 2.25. The number of piperazine rings is 1. The SMILES string of the molecule is COc1ccc(N)c(NC(=O)c2cccc(CN3CCN(C)CC3)c2)c1. The summed E-state index contributed by atoms with van der Waals surface area (Å²) in [4.78, 5) is 17.4. The van der Waals surface area contributed by atoms with Gasteiger partial charge in [-0.05, 0) is 36.9 Å². The molecule has 2 aromatic rings. The highest BCUT2D eigenvalue weighted by molar-refractivity contribution is 6.05. The van der Waals surface area contributed by atoms with Crippen LogP contribution in [0.4, 0.5) is 11.4 Å². The van der Waals surface area contributed by atoms with E-state index in [0.717, 1.165) is 38.3 Å². The van der Waals surface area contributed by atoms with Crippen molar-refractivity contribution in [3.05, 3.63) is 53.6 Å². The van der Waals surface area contributed by atoms with Gasteiger partial charge in [0.15, 0.2) is 0 Å². The smallest absolute Gasteiger partial charge is 0.255 e. The highest BCUT2D eigenvalue weighted by atomic mass is 16.5. The van der Waals surface area contributed by atoms with Crippen LogP contribution in [0, 0.1) is 0 Å². The number of methoxy groups -OCH3 is 1. The lowest BCUT2D eigenvalue weighted by Crippen LogP contribution is -2.43. The highest BCUT2D eigenvalue weighted by Gasteiger charge is 2.15. The number of rotatable bonds is 5. The Morgan fingerprint density at radius 1 is 1.15 bits per heavy atom. The Morgan fingerprint density at radius 3 is 2.65 bits per heavy atom. The average Bonchev–Trinajstić information content (AvgIpc) is 2.65. The number of nitrogens with one attached hydrogen (secondary N) is 1. The van der Waals surface area contributed by atoms with E-state index in [4.69, 9.17) is 10.5 Å². The molecule has 3 rings (SSSR count). The maximum Gasteiger partial charge on any atom is 0.255 e. The Morgan fingerprint density at radius 2 is 1.92 bits per heavy atom. The summed E-state index contributed by atoms with van der Waals surface area (Å²) in [5.74, 6) is 0.475. The summed E-state index contributed by atoms with van der Waals surface area (Å²) in [6.07, 6.45) is 0. The number of carbonyl (C=O) groups is 1. The number of anilines is 2. The van der Waals surface area contributed by atoms with Gasteiger partial charge in [-0.1, -0.05) is 12.1 Å². The molecule has 138 valence electrons. The van der Waals surface area contributed by atoms with Gasteiger partial charge in [-0.15, -0.1) is 0 Å². The molecule has 6 nitrogen and oxygen atoms in total. The molecule has 26 heavy (non-hydrogen) atoms. The van der Waals surface area contributed by atoms with Gasteiger partial charge in [-0.2, -0.15) is 0 Å². The van der Waals surface area contributed by atoms with Gasteiger partial charge >= 0.3 is 0 Å². The molecule has 0 atom stereocenters. The van der Waals surface area contributed by atoms with Gasteiger partial charge in [0.25, 0.3) is 5.91 Å². The third kappa shape index (κ3) is 4.53. The summed E-state index contributed by atoms with van der Waals surface area (Å²) in [6, 6.07) is 13.0. The molecule has 2 aromatic carbocycles. The van der Waals surface area contributed by atoms with Crippen molar-refractivity contribution in [2.45, 2.75) is 6.54 Å². The van der Waals surface area contributed by atoms with Crippen LogP contribution in [0.3, 0.4) is 0 Å². The van der Waals surface area contributed by atoms with E-state index in [1.165, 1.54) is 0 Å². The zero-order valence-electron chi connectivity index (χ0n) is 15.4. The van der Waals surface area contributed by atoms with Gasteiger partial charge in [-0.3, -0.25) is 9.69 Å². The molecule has 0 aliphatic carbocycles. The van der Waals surface area contributed by atoms with Gasteiger partial charge in [0.2, 0.25) is 0 Å². The quantitative estimate of drug-likeness (QED) is 0.806. The number of hydrogen-bond acceptors (Lipinski definition) is 5. The predicted octanol–water partition coefficient (Wildman–Crippen LogP) is 2.28. The molecule has 1 aliphatic heterocycles. The molecule has 0 aromatic heterocycles. The summed E-state index contributed by atoms with van der Waals surface area (Å²) in [5.41, 5.74) is 8.78. The molecule has 0 spiro atoms. The van der Waals surface area contributed by atoms with E-state index in [-0.39, 0.29) is 5.91 Å². The second-order valence-corrected chi connectivity index (χ2v) is 6.69. The van der Waals surface area contributed by atoms with E-state index in [9.17, 15) is 4.79 Å². The minimum absolute atomic E-state index is 0.176. The molecular formula is C20H26N4O2. The summed E-state index contributed by atoms with van der Waals surface area (Å²) < 4.78 is 5.19. The molecular weight excluding hydrogens is 328 g/mol. The first kappa shape index (κ1) is 18.2. The standard InChI is InChI=1S/C20H26N4O2/c1-23-8-10-24(11-9-23)14-15-4-3-5-16(12-15)20(25)22-19-13-17(26-2)6-7-18(19)21/h3-7,12-13H,8-11,14,21H2,1-2H3,(H,22,25). The number of benzene rings is 2. The van der Waals surface area contributed by atoms with Crippen molar-refractivity contribution < 1.29 is 9.53 Å². The van der Waals surface area contributed by atoms with Crippen LogP contribution in [0.1, 0.15) is 15.9 Å². The number of hydrogen-bond donors (Lipinski definition) is 2. The Labute approximate surface area is 154 Å². The van der Waals surface area contributed by atoms with Crippen molar-refractivity contribution >= 4 is 17.3 Å². The average molecular weight is 354 g/mol. The normalized spacial score (nSPS) is 15.6. The van der Waals surface area contributed by atoms with Crippen molar-refractivity contribution in [3.8, 4) is 5.75 Å². The number of carbonyl (C=O) groups excluding carboxylic acids is 1. The Hall–Kier alpha value is -2.57. The fourth-order valence-electron chi connectivity index (χ4n) is 3.04. The maximum atomic E-state index is 12.6. The first-order valence-electron chi connectivity index (χ1n) is 8.80. The van der Waals surface area contributed by atoms with E-state index >= 15 is 0 Å². The second kappa shape index (κ2) is 8.21. The zero-order valence-corrected chi connectivity index (χ0v) is 15.4. The van der Waals surface area contributed by atoms with Crippen LogP contribution < -0.4 is 15.8 Å². The first-order chi connectivity index (χ1) is 12.5. The number of amides is 1. The van der Waals surface area contributed by atoms with Crippen molar-refractivity contribution in [2.24, 2.45) is 0 Å². The summed E-state index contributed by atoms with van der Waals surface area (Å²) in [6.45, 7) is 5.11. The molecule has 3 N–H and O–H groups in total. The van der Waals surface area contributed by atoms with E-state index in [2.05, 4.69) is 28.2 Å². The predicted molar refractivity (Wildman–Crippen MR) is 105 cm³/mol. The maximum absolute atomic E-state index is 12.6. The molecule has 1 saturated heterocycles.